The third-order valence-electron chi connectivity index (χ3n) is 7.25. The molecular formula is C36H35ClN12O5S2. The van der Waals surface area contributed by atoms with Gasteiger partial charge in [0.15, 0.2) is 15.6 Å². The van der Waals surface area contributed by atoms with E-state index in [4.69, 9.17) is 34.3 Å². The van der Waals surface area contributed by atoms with Gasteiger partial charge in [-0.05, 0) is 62.5 Å². The number of fused-ring (bicyclic) bond motifs is 2. The molecule has 0 aliphatic rings. The first-order valence-electron chi connectivity index (χ1n) is 16.7. The number of carbonyl (C=O) groups is 3. The molecule has 20 heteroatoms. The molecule has 7 heterocycles. The van der Waals surface area contributed by atoms with Crippen molar-refractivity contribution >= 4 is 97.3 Å². The van der Waals surface area contributed by atoms with E-state index >= 15 is 0 Å². The van der Waals surface area contributed by atoms with Gasteiger partial charge in [-0.25, -0.2) is 24.5 Å². The summed E-state index contributed by atoms with van der Waals surface area (Å²) >= 11 is 11.2. The van der Waals surface area contributed by atoms with Crippen LogP contribution in [0.1, 0.15) is 23.5 Å². The van der Waals surface area contributed by atoms with Gasteiger partial charge in [0.2, 0.25) is 0 Å². The molecule has 0 fully saturated rings. The lowest BCUT2D eigenvalue weighted by Crippen LogP contribution is -2.19. The van der Waals surface area contributed by atoms with Gasteiger partial charge in [-0.2, -0.15) is 10.2 Å². The topological polar surface area (TPSA) is 220 Å². The zero-order valence-corrected chi connectivity index (χ0v) is 32.8. The molecule has 0 spiro atoms. The number of thiocarbonyl (C=S) groups is 1. The number of nitrogens with zero attached hydrogens (tertiary/aromatic N) is 9. The van der Waals surface area contributed by atoms with Crippen LogP contribution in [0.3, 0.4) is 0 Å². The van der Waals surface area contributed by atoms with E-state index in [1.165, 1.54) is 17.5 Å². The fourth-order valence-corrected chi connectivity index (χ4v) is 5.63. The van der Waals surface area contributed by atoms with Crippen LogP contribution in [-0.2, 0) is 33.2 Å². The van der Waals surface area contributed by atoms with Gasteiger partial charge < -0.3 is 30.6 Å². The van der Waals surface area contributed by atoms with Crippen LogP contribution < -0.4 is 16.4 Å². The zero-order chi connectivity index (χ0) is 40.2. The standard InChI is InChI=1S/C18H16N6O2S.C13H12N6S.C5H7ClO3/c1-3-26-17(25)15-9-20-18(27-15)23-16-5-4-13-14(22-16)6-11(7-19-13)12-8-21-24(2)10-12;1-19-7-9(6-16-19)8-4-11-10(15-5-8)2-3-12(17-11)18-13(14)20;1-2-9-5(8)4(6)3-7/h4-10H,3H2,1-2H3,(H,20,22,23);2-7H,1H3,(H3,14,17,18,20);3-4H,2H2,1H3. The molecule has 7 aromatic rings. The van der Waals surface area contributed by atoms with Gasteiger partial charge in [0.05, 0.1) is 53.9 Å². The fourth-order valence-electron chi connectivity index (χ4n) is 4.75. The van der Waals surface area contributed by atoms with Gasteiger partial charge in [-0.15, -0.1) is 11.6 Å². The van der Waals surface area contributed by atoms with E-state index in [2.05, 4.69) is 50.5 Å². The summed E-state index contributed by atoms with van der Waals surface area (Å²) in [7, 11) is 3.75. The first-order valence-corrected chi connectivity index (χ1v) is 18.4. The summed E-state index contributed by atoms with van der Waals surface area (Å²) in [6.07, 6.45) is 12.9. The molecule has 7 rings (SSSR count). The number of hydrogen-bond donors (Lipinski definition) is 3. The average molecular weight is 815 g/mol. The average Bonchev–Trinajstić information content (AvgIpc) is 3.96. The van der Waals surface area contributed by atoms with Crippen molar-refractivity contribution in [1.82, 2.24) is 44.5 Å². The number of nitrogens with one attached hydrogen (secondary N) is 2. The lowest BCUT2D eigenvalue weighted by Gasteiger charge is -2.05. The Morgan fingerprint density at radius 1 is 0.821 bits per heavy atom. The van der Waals surface area contributed by atoms with Crippen molar-refractivity contribution < 1.29 is 23.9 Å². The van der Waals surface area contributed by atoms with Crippen molar-refractivity contribution in [3.63, 3.8) is 0 Å². The summed E-state index contributed by atoms with van der Waals surface area (Å²) in [4.78, 5) is 54.5. The summed E-state index contributed by atoms with van der Waals surface area (Å²) in [6.45, 7) is 3.99. The number of alkyl halides is 1. The van der Waals surface area contributed by atoms with E-state index in [1.54, 1.807) is 47.9 Å². The van der Waals surface area contributed by atoms with Crippen LogP contribution in [-0.4, -0.2) is 86.4 Å². The fraction of sp³-hybridized carbons (Fsp3) is 0.194. The monoisotopic (exact) mass is 814 g/mol. The van der Waals surface area contributed by atoms with E-state index in [-0.39, 0.29) is 17.7 Å². The molecule has 0 aromatic carbocycles. The molecule has 1 unspecified atom stereocenters. The van der Waals surface area contributed by atoms with Crippen LogP contribution >= 0.6 is 35.2 Å². The van der Waals surface area contributed by atoms with Gasteiger partial charge in [0.25, 0.3) is 0 Å². The summed E-state index contributed by atoms with van der Waals surface area (Å²) in [6, 6.07) is 11.3. The minimum atomic E-state index is -1.15. The number of hydrogen-bond acceptors (Lipinski definition) is 15. The lowest BCUT2D eigenvalue weighted by atomic mass is 10.1. The summed E-state index contributed by atoms with van der Waals surface area (Å²) in [5.74, 6) is 0.168. The molecular weight excluding hydrogens is 780 g/mol. The SMILES string of the molecule is CCOC(=O)C(Cl)C=O.CCOC(=O)c1cnc(Nc2ccc3ncc(-c4cnn(C)c4)cc3n2)s1.Cn1cc(-c2cnc3ccc(NC(N)=S)nc3c2)cn1. The van der Waals surface area contributed by atoms with E-state index in [0.717, 1.165) is 44.3 Å². The number of rotatable bonds is 10. The normalized spacial score (nSPS) is 11.0. The van der Waals surface area contributed by atoms with Crippen LogP contribution in [0.2, 0.25) is 0 Å². The van der Waals surface area contributed by atoms with Crippen LogP contribution in [0.4, 0.5) is 16.8 Å². The number of esters is 2. The molecule has 0 saturated heterocycles. The third-order valence-corrected chi connectivity index (χ3v) is 8.53. The number of aldehydes is 1. The predicted molar refractivity (Wildman–Crippen MR) is 218 cm³/mol. The van der Waals surface area contributed by atoms with E-state index in [9.17, 15) is 14.4 Å². The number of halogens is 1. The lowest BCUT2D eigenvalue weighted by molar-refractivity contribution is -0.143. The number of ether oxygens (including phenoxy) is 2. The van der Waals surface area contributed by atoms with Gasteiger partial charge in [-0.1, -0.05) is 11.3 Å². The van der Waals surface area contributed by atoms with Crippen LogP contribution in [0.15, 0.2) is 79.8 Å². The highest BCUT2D eigenvalue weighted by molar-refractivity contribution is 7.80. The van der Waals surface area contributed by atoms with Gasteiger partial charge in [-0.3, -0.25) is 19.3 Å². The van der Waals surface area contributed by atoms with E-state index in [0.29, 0.717) is 34.5 Å². The minimum Gasteiger partial charge on any atom is -0.465 e. The quantitative estimate of drug-likeness (QED) is 0.0514. The molecule has 1 atom stereocenters. The second kappa shape index (κ2) is 19.2. The summed E-state index contributed by atoms with van der Waals surface area (Å²) in [5.41, 5.74) is 12.5. The van der Waals surface area contributed by atoms with Crippen LogP contribution in [0.5, 0.6) is 0 Å². The highest BCUT2D eigenvalue weighted by atomic mass is 35.5. The zero-order valence-electron chi connectivity index (χ0n) is 30.4. The molecule has 56 heavy (non-hydrogen) atoms. The Bertz CT molecular complexity index is 2490. The predicted octanol–water partition coefficient (Wildman–Crippen LogP) is 5.45. The second-order valence-electron chi connectivity index (χ2n) is 11.4. The molecule has 0 radical (unpaired) electrons. The molecule has 4 N–H and O–H groups in total. The Morgan fingerprint density at radius 3 is 1.88 bits per heavy atom. The number of anilines is 3. The van der Waals surface area contributed by atoms with Crippen LogP contribution in [0, 0.1) is 0 Å². The largest absolute Gasteiger partial charge is 0.465 e. The molecule has 0 saturated carbocycles. The molecule has 288 valence electrons. The number of aromatic nitrogens is 9. The second-order valence-corrected chi connectivity index (χ2v) is 13.3. The Labute approximate surface area is 334 Å². The van der Waals surface area contributed by atoms with E-state index < -0.39 is 11.3 Å². The van der Waals surface area contributed by atoms with Gasteiger partial charge in [0, 0.05) is 61.1 Å². The van der Waals surface area contributed by atoms with Crippen molar-refractivity contribution in [1.29, 1.82) is 0 Å². The first-order chi connectivity index (χ1) is 27.0. The number of pyridine rings is 4. The Kier molecular flexibility index (Phi) is 14.0. The Balaban J connectivity index is 0.000000182. The van der Waals surface area contributed by atoms with Crippen molar-refractivity contribution in [3.8, 4) is 22.3 Å². The number of carbonyl (C=O) groups excluding carboxylic acids is 3. The molecule has 17 nitrogen and oxygen atoms in total. The highest BCUT2D eigenvalue weighted by Crippen LogP contribution is 2.26. The maximum absolute atomic E-state index is 11.7. The maximum Gasteiger partial charge on any atom is 0.350 e. The minimum absolute atomic E-state index is 0.188. The van der Waals surface area contributed by atoms with Crippen molar-refractivity contribution in [2.45, 2.75) is 19.2 Å². The molecule has 0 aliphatic carbocycles. The smallest absolute Gasteiger partial charge is 0.350 e. The van der Waals surface area contributed by atoms with Crippen LogP contribution in [0.25, 0.3) is 44.3 Å². The first kappa shape index (κ1) is 40.7. The van der Waals surface area contributed by atoms with E-state index in [1.807, 2.05) is 63.0 Å². The summed E-state index contributed by atoms with van der Waals surface area (Å²) < 4.78 is 12.9. The number of thiazole rings is 1. The highest BCUT2D eigenvalue weighted by Gasteiger charge is 2.14. The van der Waals surface area contributed by atoms with Gasteiger partial charge >= 0.3 is 11.9 Å². The third kappa shape index (κ3) is 11.1. The maximum atomic E-state index is 11.7. The molecule has 0 amide bonds. The Hall–Kier alpha value is -6.44. The number of nitrogens with two attached hydrogens (primary N) is 1. The Morgan fingerprint density at radius 2 is 1.38 bits per heavy atom. The molecule has 0 bridgehead atoms. The molecule has 7 aromatic heterocycles. The van der Waals surface area contributed by atoms with Crippen molar-refractivity contribution in [3.05, 3.63) is 84.7 Å². The van der Waals surface area contributed by atoms with Crippen molar-refractivity contribution in [2.75, 3.05) is 23.8 Å². The molecule has 0 aliphatic heterocycles. The van der Waals surface area contributed by atoms with Crippen molar-refractivity contribution in [2.24, 2.45) is 19.8 Å². The van der Waals surface area contributed by atoms with Gasteiger partial charge in [0.1, 0.15) is 22.8 Å². The number of aryl methyl sites for hydroxylation is 2. The summed E-state index contributed by atoms with van der Waals surface area (Å²) in [5, 5.41) is 13.9.